The van der Waals surface area contributed by atoms with Crippen molar-refractivity contribution in [3.8, 4) is 0 Å². The molecule has 0 spiro atoms. The second-order valence-electron chi connectivity index (χ2n) is 7.78. The summed E-state index contributed by atoms with van der Waals surface area (Å²) in [5, 5.41) is 4.50. The summed E-state index contributed by atoms with van der Waals surface area (Å²) >= 11 is 6.13. The summed E-state index contributed by atoms with van der Waals surface area (Å²) in [5.74, 6) is 0. The third-order valence-corrected chi connectivity index (χ3v) is 6.20. The highest BCUT2D eigenvalue weighted by Gasteiger charge is 2.33. The summed E-state index contributed by atoms with van der Waals surface area (Å²) in [6.45, 7) is 4.50. The zero-order valence-corrected chi connectivity index (χ0v) is 16.8. The maximum absolute atomic E-state index is 6.13. The number of benzene rings is 1. The summed E-state index contributed by atoms with van der Waals surface area (Å²) in [5.41, 5.74) is 6.56. The first-order valence-corrected chi connectivity index (χ1v) is 10.6. The molecule has 1 aromatic carbocycles. The van der Waals surface area contributed by atoms with Crippen LogP contribution in [0, 0.1) is 0 Å². The number of hydrogen-bond acceptors (Lipinski definition) is 4. The number of fused-ring (bicyclic) bond motifs is 1. The van der Waals surface area contributed by atoms with Crippen molar-refractivity contribution in [1.29, 1.82) is 0 Å². The van der Waals surface area contributed by atoms with E-state index in [0.29, 0.717) is 0 Å². The Labute approximate surface area is 171 Å². The Morgan fingerprint density at radius 3 is 2.71 bits per heavy atom. The van der Waals surface area contributed by atoms with Crippen molar-refractivity contribution in [1.82, 2.24) is 15.1 Å². The van der Waals surface area contributed by atoms with Gasteiger partial charge in [0.2, 0.25) is 0 Å². The van der Waals surface area contributed by atoms with Crippen LogP contribution < -0.4 is 5.32 Å². The maximum Gasteiger partial charge on any atom is 0.123 e. The fourth-order valence-corrected chi connectivity index (χ4v) is 4.53. The average molecular weight is 396 g/mol. The van der Waals surface area contributed by atoms with Gasteiger partial charge in [0.05, 0.1) is 24.6 Å². The fraction of sp³-hybridized carbons (Fsp3) is 0.391. The summed E-state index contributed by atoms with van der Waals surface area (Å²) in [4.78, 5) is 4.91. The molecule has 0 bridgehead atoms. The highest BCUT2D eigenvalue weighted by molar-refractivity contribution is 6.30. The molecule has 4 nitrogen and oxygen atoms in total. The highest BCUT2D eigenvalue weighted by atomic mass is 35.5. The van der Waals surface area contributed by atoms with E-state index in [1.54, 1.807) is 0 Å². The quantitative estimate of drug-likeness (QED) is 0.829. The first-order chi connectivity index (χ1) is 13.8. The van der Waals surface area contributed by atoms with Crippen LogP contribution in [0.5, 0.6) is 0 Å². The molecule has 1 aliphatic carbocycles. The van der Waals surface area contributed by atoms with Crippen LogP contribution in [0.1, 0.15) is 24.8 Å². The van der Waals surface area contributed by atoms with Gasteiger partial charge in [-0.2, -0.15) is 0 Å². The lowest BCUT2D eigenvalue weighted by Gasteiger charge is -2.32. The maximum atomic E-state index is 6.13. The van der Waals surface area contributed by atoms with E-state index < -0.39 is 0 Å². The molecule has 146 valence electrons. The van der Waals surface area contributed by atoms with E-state index in [1.807, 2.05) is 12.1 Å². The molecule has 1 aromatic rings. The lowest BCUT2D eigenvalue weighted by Crippen LogP contribution is -2.40. The summed E-state index contributed by atoms with van der Waals surface area (Å²) in [6.07, 6.45) is 13.1. The molecular weight excluding hydrogens is 370 g/mol. The molecule has 0 saturated carbocycles. The fourth-order valence-electron chi connectivity index (χ4n) is 4.41. The molecular formula is C23H26ClN3O. The van der Waals surface area contributed by atoms with Crippen LogP contribution in [-0.2, 0) is 4.74 Å². The van der Waals surface area contributed by atoms with Crippen LogP contribution in [0.4, 0.5) is 0 Å². The summed E-state index contributed by atoms with van der Waals surface area (Å²) < 4.78 is 5.55. The van der Waals surface area contributed by atoms with Gasteiger partial charge in [-0.3, -0.25) is 4.90 Å². The molecule has 4 aliphatic rings. The number of allylic oxidation sites excluding steroid dienone is 4. The second kappa shape index (κ2) is 7.78. The van der Waals surface area contributed by atoms with Gasteiger partial charge in [-0.1, -0.05) is 35.9 Å². The topological polar surface area (TPSA) is 27.7 Å². The number of ether oxygens (including phenoxy) is 1. The van der Waals surface area contributed by atoms with E-state index in [1.165, 1.54) is 47.4 Å². The Kier molecular flexibility index (Phi) is 5.02. The zero-order chi connectivity index (χ0) is 18.9. The van der Waals surface area contributed by atoms with Gasteiger partial charge >= 0.3 is 0 Å². The van der Waals surface area contributed by atoms with Crippen LogP contribution >= 0.6 is 11.6 Å². The molecule has 0 radical (unpaired) electrons. The molecule has 1 fully saturated rings. The van der Waals surface area contributed by atoms with Crippen molar-refractivity contribution in [3.05, 3.63) is 76.1 Å². The lowest BCUT2D eigenvalue weighted by atomic mass is 10.0. The van der Waals surface area contributed by atoms with Gasteiger partial charge in [0.1, 0.15) is 6.17 Å². The van der Waals surface area contributed by atoms with Crippen molar-refractivity contribution < 1.29 is 4.74 Å². The molecule has 1 saturated heterocycles. The molecule has 5 rings (SSSR count). The highest BCUT2D eigenvalue weighted by Crippen LogP contribution is 2.35. The van der Waals surface area contributed by atoms with Gasteiger partial charge in [0, 0.05) is 30.9 Å². The number of nitrogens with one attached hydrogen (secondary N) is 1. The van der Waals surface area contributed by atoms with Crippen LogP contribution in [0.25, 0.3) is 5.70 Å². The van der Waals surface area contributed by atoms with Crippen LogP contribution in [0.2, 0.25) is 5.02 Å². The van der Waals surface area contributed by atoms with Crippen LogP contribution in [0.15, 0.2) is 65.5 Å². The van der Waals surface area contributed by atoms with Gasteiger partial charge in [0.25, 0.3) is 0 Å². The van der Waals surface area contributed by atoms with Crippen LogP contribution in [0.3, 0.4) is 0 Å². The Bertz CT molecular complexity index is 862. The largest absolute Gasteiger partial charge is 0.379 e. The van der Waals surface area contributed by atoms with Crippen molar-refractivity contribution in [2.45, 2.75) is 25.4 Å². The van der Waals surface area contributed by atoms with Crippen LogP contribution in [-0.4, -0.2) is 48.8 Å². The number of nitrogens with zero attached hydrogens (tertiary/aromatic N) is 2. The Balaban J connectivity index is 1.50. The van der Waals surface area contributed by atoms with E-state index in [0.717, 1.165) is 37.9 Å². The molecule has 0 aromatic heterocycles. The Morgan fingerprint density at radius 1 is 1.14 bits per heavy atom. The monoisotopic (exact) mass is 395 g/mol. The minimum atomic E-state index is 0.174. The third kappa shape index (κ3) is 3.52. The van der Waals surface area contributed by atoms with Gasteiger partial charge < -0.3 is 15.0 Å². The lowest BCUT2D eigenvalue weighted by molar-refractivity contribution is 0.0401. The van der Waals surface area contributed by atoms with Gasteiger partial charge in [-0.05, 0) is 54.2 Å². The van der Waals surface area contributed by atoms with Crippen molar-refractivity contribution in [3.63, 3.8) is 0 Å². The number of halogens is 1. The molecule has 5 heteroatoms. The SMILES string of the molecule is Clc1ccc(C2=C(CN3CCOCC3)N3C=C(C4=CCCC4)C=CC3N2)cc1. The normalized spacial score (nSPS) is 24.9. The number of morpholine rings is 1. The number of hydrogen-bond donors (Lipinski definition) is 1. The standard InChI is InChI=1S/C23H26ClN3O/c24-20-8-5-18(6-9-20)23-21(16-26-11-13-28-14-12-26)27-15-19(7-10-22(27)25-23)17-3-1-2-4-17/h3,5-10,15,22,25H,1-2,4,11-14,16H2. The molecule has 28 heavy (non-hydrogen) atoms. The van der Waals surface area contributed by atoms with Gasteiger partial charge in [-0.25, -0.2) is 0 Å². The molecule has 1 N–H and O–H groups in total. The smallest absolute Gasteiger partial charge is 0.123 e. The number of rotatable bonds is 4. The van der Waals surface area contributed by atoms with E-state index in [9.17, 15) is 0 Å². The first kappa shape index (κ1) is 18.0. The van der Waals surface area contributed by atoms with E-state index in [2.05, 4.69) is 51.7 Å². The minimum absolute atomic E-state index is 0.174. The Hall–Kier alpha value is -2.01. The molecule has 3 aliphatic heterocycles. The molecule has 1 unspecified atom stereocenters. The van der Waals surface area contributed by atoms with Crippen molar-refractivity contribution in [2.75, 3.05) is 32.8 Å². The van der Waals surface area contributed by atoms with Crippen molar-refractivity contribution in [2.24, 2.45) is 0 Å². The second-order valence-corrected chi connectivity index (χ2v) is 8.22. The van der Waals surface area contributed by atoms with E-state index in [4.69, 9.17) is 16.3 Å². The first-order valence-electron chi connectivity index (χ1n) is 10.2. The summed E-state index contributed by atoms with van der Waals surface area (Å²) in [6, 6.07) is 8.15. The third-order valence-electron chi connectivity index (χ3n) is 5.95. The van der Waals surface area contributed by atoms with Gasteiger partial charge in [0.15, 0.2) is 0 Å². The average Bonchev–Trinajstić information content (AvgIpc) is 3.38. The predicted molar refractivity (Wildman–Crippen MR) is 114 cm³/mol. The van der Waals surface area contributed by atoms with Gasteiger partial charge in [-0.15, -0.1) is 0 Å². The zero-order valence-electron chi connectivity index (χ0n) is 16.0. The molecule has 1 atom stereocenters. The summed E-state index contributed by atoms with van der Waals surface area (Å²) in [7, 11) is 0. The van der Waals surface area contributed by atoms with E-state index >= 15 is 0 Å². The predicted octanol–water partition coefficient (Wildman–Crippen LogP) is 4.14. The molecule has 3 heterocycles. The van der Waals surface area contributed by atoms with E-state index in [-0.39, 0.29) is 6.17 Å². The minimum Gasteiger partial charge on any atom is -0.379 e. The molecule has 0 amide bonds. The Morgan fingerprint density at radius 2 is 1.96 bits per heavy atom. The van der Waals surface area contributed by atoms with Crippen molar-refractivity contribution >= 4 is 17.3 Å².